The van der Waals surface area contributed by atoms with Crippen molar-refractivity contribution < 1.29 is 18.3 Å². The highest BCUT2D eigenvalue weighted by Crippen LogP contribution is 2.33. The molecule has 2 rings (SSSR count). The Bertz CT molecular complexity index is 686. The lowest BCUT2D eigenvalue weighted by Crippen LogP contribution is -2.29. The molecule has 2 N–H and O–H groups in total. The van der Waals surface area contributed by atoms with E-state index < -0.39 is 16.1 Å². The highest BCUT2D eigenvalue weighted by atomic mass is 32.2. The van der Waals surface area contributed by atoms with Crippen molar-refractivity contribution in [2.75, 3.05) is 10.8 Å². The van der Waals surface area contributed by atoms with Crippen LogP contribution >= 0.6 is 0 Å². The highest BCUT2D eigenvalue weighted by molar-refractivity contribution is 7.92. The van der Waals surface area contributed by atoms with E-state index in [2.05, 4.69) is 6.92 Å². The summed E-state index contributed by atoms with van der Waals surface area (Å²) in [4.78, 5) is 11.4. The van der Waals surface area contributed by atoms with Crippen molar-refractivity contribution in [3.63, 3.8) is 0 Å². The van der Waals surface area contributed by atoms with E-state index in [0.29, 0.717) is 0 Å². The molecule has 0 spiro atoms. The summed E-state index contributed by atoms with van der Waals surface area (Å²) < 4.78 is 26.7. The number of aryl methyl sites for hydroxylation is 2. The first-order valence-corrected chi connectivity index (χ1v) is 9.45. The number of amides is 1. The maximum Gasteiger partial charge on any atom is 0.326 e. The number of carbonyl (C=O) groups is 1. The number of anilines is 1. The summed E-state index contributed by atoms with van der Waals surface area (Å²) in [5.41, 5.74) is 2.10. The van der Waals surface area contributed by atoms with E-state index in [1.807, 2.05) is 11.6 Å². The molecule has 6 nitrogen and oxygen atoms in total. The van der Waals surface area contributed by atoms with Gasteiger partial charge in [-0.3, -0.25) is 4.79 Å². The van der Waals surface area contributed by atoms with E-state index in [9.17, 15) is 18.3 Å². The average molecular weight is 340 g/mol. The number of nitrogens with one attached hydrogen (secondary N) is 1. The first-order valence-electron chi connectivity index (χ1n) is 8.01. The second kappa shape index (κ2) is 7.21. The summed E-state index contributed by atoms with van der Waals surface area (Å²) in [6, 6.07) is 3.25. The molecule has 1 fully saturated rings. The van der Waals surface area contributed by atoms with Crippen molar-refractivity contribution >= 4 is 21.8 Å². The summed E-state index contributed by atoms with van der Waals surface area (Å²) in [6.07, 6.45) is 6.59. The van der Waals surface area contributed by atoms with Gasteiger partial charge in [-0.05, 0) is 43.0 Å². The number of hydrogen-bond donors (Lipinski definition) is 2. The number of phenolic OH excluding ortho intramolecular Hbond substituents is 1. The van der Waals surface area contributed by atoms with Gasteiger partial charge in [0.25, 0.3) is 5.91 Å². The van der Waals surface area contributed by atoms with Crippen LogP contribution in [0.4, 0.5) is 5.69 Å². The Balaban J connectivity index is 2.18. The number of benzene rings is 1. The zero-order valence-electron chi connectivity index (χ0n) is 13.6. The van der Waals surface area contributed by atoms with Gasteiger partial charge in [0, 0.05) is 0 Å². The predicted molar refractivity (Wildman–Crippen MR) is 89.7 cm³/mol. The van der Waals surface area contributed by atoms with Crippen molar-refractivity contribution in [3.8, 4) is 5.75 Å². The molecule has 1 aliphatic rings. The molecule has 1 aromatic carbocycles. The van der Waals surface area contributed by atoms with Crippen LogP contribution in [-0.2, 0) is 21.4 Å². The standard InChI is InChI=1S/C16H24N2O4S/c1-3-4-5-6-7-8-13-10-14(15(19)9-12(13)2)18-11-16(20)17-23(18,21)22/h9-10,19H,3-8,11H2,1-2H3,(H,17,20). The predicted octanol–water partition coefficient (Wildman–Crippen LogP) is 2.39. The van der Waals surface area contributed by atoms with Gasteiger partial charge >= 0.3 is 10.2 Å². The van der Waals surface area contributed by atoms with Crippen molar-refractivity contribution in [2.24, 2.45) is 0 Å². The first-order chi connectivity index (χ1) is 10.8. The summed E-state index contributed by atoms with van der Waals surface area (Å²) in [5, 5.41) is 10.1. The third-order valence-corrected chi connectivity index (χ3v) is 5.46. The van der Waals surface area contributed by atoms with Crippen LogP contribution in [0.3, 0.4) is 0 Å². The summed E-state index contributed by atoms with van der Waals surface area (Å²) in [7, 11) is -3.90. The Morgan fingerprint density at radius 2 is 1.91 bits per heavy atom. The fourth-order valence-corrected chi connectivity index (χ4v) is 3.93. The third kappa shape index (κ3) is 4.16. The first kappa shape index (κ1) is 17.6. The Morgan fingerprint density at radius 3 is 2.52 bits per heavy atom. The zero-order valence-corrected chi connectivity index (χ0v) is 14.4. The maximum atomic E-state index is 11.9. The Kier molecular flexibility index (Phi) is 5.51. The highest BCUT2D eigenvalue weighted by Gasteiger charge is 2.35. The molecule has 0 atom stereocenters. The van der Waals surface area contributed by atoms with E-state index in [0.717, 1.165) is 34.7 Å². The van der Waals surface area contributed by atoms with Crippen molar-refractivity contribution in [1.82, 2.24) is 4.72 Å². The molecular formula is C16H24N2O4S. The zero-order chi connectivity index (χ0) is 17.0. The van der Waals surface area contributed by atoms with Gasteiger partial charge in [-0.15, -0.1) is 0 Å². The van der Waals surface area contributed by atoms with Crippen LogP contribution in [0, 0.1) is 6.92 Å². The monoisotopic (exact) mass is 340 g/mol. The van der Waals surface area contributed by atoms with Crippen molar-refractivity contribution in [1.29, 1.82) is 0 Å². The molecule has 0 saturated carbocycles. The smallest absolute Gasteiger partial charge is 0.326 e. The van der Waals surface area contributed by atoms with Crippen molar-refractivity contribution in [3.05, 3.63) is 23.3 Å². The van der Waals surface area contributed by atoms with Crippen LogP contribution < -0.4 is 9.03 Å². The maximum absolute atomic E-state index is 11.9. The largest absolute Gasteiger partial charge is 0.506 e. The fraction of sp³-hybridized carbons (Fsp3) is 0.562. The van der Waals surface area contributed by atoms with Crippen LogP contribution in [0.15, 0.2) is 12.1 Å². The summed E-state index contributed by atoms with van der Waals surface area (Å²) >= 11 is 0. The minimum Gasteiger partial charge on any atom is -0.506 e. The van der Waals surface area contributed by atoms with Gasteiger partial charge in [-0.25, -0.2) is 9.03 Å². The molecule has 0 bridgehead atoms. The molecule has 0 aliphatic carbocycles. The van der Waals surface area contributed by atoms with Gasteiger partial charge in [0.05, 0.1) is 5.69 Å². The lowest BCUT2D eigenvalue weighted by Gasteiger charge is -2.18. The van der Waals surface area contributed by atoms with Gasteiger partial charge in [0.2, 0.25) is 0 Å². The number of rotatable bonds is 7. The summed E-state index contributed by atoms with van der Waals surface area (Å²) in [6.45, 7) is 3.77. The molecule has 1 amide bonds. The van der Waals surface area contributed by atoms with Crippen LogP contribution in [0.25, 0.3) is 0 Å². The number of aromatic hydroxyl groups is 1. The Labute approximate surface area is 137 Å². The number of nitrogens with zero attached hydrogens (tertiary/aromatic N) is 1. The number of unbranched alkanes of at least 4 members (excludes halogenated alkanes) is 4. The van der Waals surface area contributed by atoms with E-state index in [-0.39, 0.29) is 18.0 Å². The minimum atomic E-state index is -3.90. The average Bonchev–Trinajstić information content (AvgIpc) is 2.73. The molecule has 23 heavy (non-hydrogen) atoms. The van der Waals surface area contributed by atoms with E-state index in [1.54, 1.807) is 12.1 Å². The Hall–Kier alpha value is -1.76. The van der Waals surface area contributed by atoms with Crippen LogP contribution in [0.5, 0.6) is 5.75 Å². The van der Waals surface area contributed by atoms with Gasteiger partial charge in [-0.1, -0.05) is 32.6 Å². The lowest BCUT2D eigenvalue weighted by atomic mass is 10.00. The molecule has 1 aliphatic heterocycles. The second-order valence-corrected chi connectivity index (χ2v) is 7.56. The lowest BCUT2D eigenvalue weighted by molar-refractivity contribution is -0.117. The minimum absolute atomic E-state index is 0.127. The second-order valence-electron chi connectivity index (χ2n) is 5.97. The summed E-state index contributed by atoms with van der Waals surface area (Å²) in [5.74, 6) is -0.719. The molecule has 0 radical (unpaired) electrons. The SMILES string of the molecule is CCCCCCCc1cc(N2CC(=O)NS2(=O)=O)c(O)cc1C. The molecule has 1 aromatic rings. The van der Waals surface area contributed by atoms with Crippen LogP contribution in [0.1, 0.15) is 50.2 Å². The fourth-order valence-electron chi connectivity index (χ4n) is 2.77. The molecule has 128 valence electrons. The quantitative estimate of drug-likeness (QED) is 0.746. The molecule has 1 saturated heterocycles. The number of hydrogen-bond acceptors (Lipinski definition) is 4. The van der Waals surface area contributed by atoms with Crippen LogP contribution in [-0.4, -0.2) is 26.0 Å². The van der Waals surface area contributed by atoms with Gasteiger partial charge in [-0.2, -0.15) is 8.42 Å². The molecule has 7 heteroatoms. The molecule has 1 heterocycles. The van der Waals surface area contributed by atoms with E-state index >= 15 is 0 Å². The third-order valence-electron chi connectivity index (χ3n) is 4.07. The molecule has 0 unspecified atom stereocenters. The van der Waals surface area contributed by atoms with E-state index in [1.165, 1.54) is 19.3 Å². The van der Waals surface area contributed by atoms with Gasteiger partial charge < -0.3 is 5.11 Å². The molecule has 0 aromatic heterocycles. The van der Waals surface area contributed by atoms with Crippen molar-refractivity contribution in [2.45, 2.75) is 52.4 Å². The molecular weight excluding hydrogens is 316 g/mol. The Morgan fingerprint density at radius 1 is 1.22 bits per heavy atom. The number of phenols is 1. The van der Waals surface area contributed by atoms with Gasteiger partial charge in [0.15, 0.2) is 0 Å². The van der Waals surface area contributed by atoms with Crippen LogP contribution in [0.2, 0.25) is 0 Å². The topological polar surface area (TPSA) is 86.7 Å². The van der Waals surface area contributed by atoms with Gasteiger partial charge in [0.1, 0.15) is 12.3 Å². The number of carbonyl (C=O) groups excluding carboxylic acids is 1. The normalized spacial score (nSPS) is 16.6. The van der Waals surface area contributed by atoms with E-state index in [4.69, 9.17) is 0 Å².